The van der Waals surface area contributed by atoms with E-state index in [1.807, 2.05) is 18.2 Å². The lowest BCUT2D eigenvalue weighted by Gasteiger charge is -2.26. The number of carbonyl (C=O) groups excluding carboxylic acids is 2. The summed E-state index contributed by atoms with van der Waals surface area (Å²) in [6.45, 7) is 4.66. The number of hydrogen-bond donors (Lipinski definition) is 0. The first-order valence-electron chi connectivity index (χ1n) is 8.93. The van der Waals surface area contributed by atoms with Crippen molar-refractivity contribution in [2.24, 2.45) is 0 Å². The first kappa shape index (κ1) is 16.5. The highest BCUT2D eigenvalue weighted by molar-refractivity contribution is 6.21. The molecule has 26 heavy (non-hydrogen) atoms. The lowest BCUT2D eigenvalue weighted by Crippen LogP contribution is -2.32. The van der Waals surface area contributed by atoms with Crippen molar-refractivity contribution >= 4 is 17.4 Å². The number of carbonyl (C=O) groups is 2. The van der Waals surface area contributed by atoms with Crippen LogP contribution < -0.4 is 0 Å². The summed E-state index contributed by atoms with van der Waals surface area (Å²) in [6, 6.07) is 17.3. The van der Waals surface area contributed by atoms with Gasteiger partial charge in [0.15, 0.2) is 0 Å². The van der Waals surface area contributed by atoms with Crippen molar-refractivity contribution in [2.75, 3.05) is 6.54 Å². The minimum Gasteiger partial charge on any atom is -0.270 e. The molecular weight excluding hydrogens is 322 g/mol. The molecule has 1 aliphatic carbocycles. The van der Waals surface area contributed by atoms with E-state index in [-0.39, 0.29) is 11.8 Å². The van der Waals surface area contributed by atoms with E-state index in [0.717, 1.165) is 18.4 Å². The lowest BCUT2D eigenvalue weighted by molar-refractivity contribution is 0.0667. The van der Waals surface area contributed by atoms with Gasteiger partial charge in [0.25, 0.3) is 11.8 Å². The number of nitrogens with zero attached hydrogens (tertiary/aromatic N) is 1. The number of benzene rings is 2. The van der Waals surface area contributed by atoms with Gasteiger partial charge in [-0.15, -0.1) is 0 Å². The Bertz CT molecular complexity index is 932. The van der Waals surface area contributed by atoms with Crippen molar-refractivity contribution in [1.82, 2.24) is 4.90 Å². The molecular formula is C23H21NO2. The maximum atomic E-state index is 12.7. The van der Waals surface area contributed by atoms with Crippen LogP contribution in [0.1, 0.15) is 53.0 Å². The van der Waals surface area contributed by atoms with Gasteiger partial charge in [0.05, 0.1) is 17.7 Å². The van der Waals surface area contributed by atoms with Crippen molar-refractivity contribution in [3.63, 3.8) is 0 Å². The molecule has 3 heteroatoms. The Morgan fingerprint density at radius 3 is 1.92 bits per heavy atom. The van der Waals surface area contributed by atoms with Gasteiger partial charge in [0.1, 0.15) is 0 Å². The van der Waals surface area contributed by atoms with Crippen molar-refractivity contribution in [1.29, 1.82) is 0 Å². The van der Waals surface area contributed by atoms with Crippen LogP contribution in [0.25, 0.3) is 5.57 Å². The second-order valence-corrected chi connectivity index (χ2v) is 7.10. The zero-order valence-corrected chi connectivity index (χ0v) is 15.1. The first-order chi connectivity index (χ1) is 12.6. The van der Waals surface area contributed by atoms with Crippen LogP contribution in [0, 0.1) is 0 Å². The quantitative estimate of drug-likeness (QED) is 0.589. The predicted molar refractivity (Wildman–Crippen MR) is 103 cm³/mol. The molecule has 130 valence electrons. The van der Waals surface area contributed by atoms with Gasteiger partial charge in [-0.05, 0) is 55.5 Å². The summed E-state index contributed by atoms with van der Waals surface area (Å²) >= 11 is 0. The van der Waals surface area contributed by atoms with E-state index < -0.39 is 0 Å². The van der Waals surface area contributed by atoms with Gasteiger partial charge in [0.2, 0.25) is 0 Å². The highest BCUT2D eigenvalue weighted by Gasteiger charge is 2.36. The topological polar surface area (TPSA) is 37.4 Å². The van der Waals surface area contributed by atoms with Crippen LogP contribution in [0.15, 0.2) is 71.3 Å². The zero-order chi connectivity index (χ0) is 18.3. The number of imide groups is 1. The molecule has 0 aromatic heterocycles. The van der Waals surface area contributed by atoms with Gasteiger partial charge in [0, 0.05) is 0 Å². The second kappa shape index (κ2) is 6.41. The number of allylic oxidation sites excluding steroid dienone is 3. The van der Waals surface area contributed by atoms with Crippen LogP contribution in [0.3, 0.4) is 0 Å². The summed E-state index contributed by atoms with van der Waals surface area (Å²) in [5, 5.41) is 0. The third kappa shape index (κ3) is 2.70. The van der Waals surface area contributed by atoms with Crippen molar-refractivity contribution in [2.45, 2.75) is 26.7 Å². The monoisotopic (exact) mass is 343 g/mol. The van der Waals surface area contributed by atoms with Gasteiger partial charge < -0.3 is 0 Å². The Morgan fingerprint density at radius 1 is 0.769 bits per heavy atom. The summed E-state index contributed by atoms with van der Waals surface area (Å²) in [4.78, 5) is 26.9. The maximum absolute atomic E-state index is 12.7. The normalized spacial score (nSPS) is 17.2. The molecule has 1 aliphatic heterocycles. The SMILES string of the molecule is CC1=C(C)CC(c2ccccc2)=C(CN2C(=O)c3ccccc3C2=O)C1. The molecule has 4 rings (SSSR count). The number of rotatable bonds is 3. The van der Waals surface area contributed by atoms with Gasteiger partial charge in [-0.2, -0.15) is 0 Å². The van der Waals surface area contributed by atoms with Gasteiger partial charge in [-0.3, -0.25) is 14.5 Å². The highest BCUT2D eigenvalue weighted by Crippen LogP contribution is 2.37. The van der Waals surface area contributed by atoms with E-state index in [0.29, 0.717) is 17.7 Å². The summed E-state index contributed by atoms with van der Waals surface area (Å²) in [5.74, 6) is -0.371. The average Bonchev–Trinajstić information content (AvgIpc) is 2.90. The lowest BCUT2D eigenvalue weighted by atomic mass is 9.84. The van der Waals surface area contributed by atoms with Crippen LogP contribution in [0.5, 0.6) is 0 Å². The van der Waals surface area contributed by atoms with E-state index in [1.54, 1.807) is 24.3 Å². The number of hydrogen-bond acceptors (Lipinski definition) is 2. The maximum Gasteiger partial charge on any atom is 0.261 e. The van der Waals surface area contributed by atoms with Gasteiger partial charge in [-0.1, -0.05) is 53.6 Å². The van der Waals surface area contributed by atoms with Gasteiger partial charge in [-0.25, -0.2) is 0 Å². The highest BCUT2D eigenvalue weighted by atomic mass is 16.2. The molecule has 0 bridgehead atoms. The van der Waals surface area contributed by atoms with Crippen LogP contribution >= 0.6 is 0 Å². The Labute approximate surface area is 153 Å². The second-order valence-electron chi connectivity index (χ2n) is 7.10. The van der Waals surface area contributed by atoms with Crippen LogP contribution in [0.2, 0.25) is 0 Å². The third-order valence-electron chi connectivity index (χ3n) is 5.43. The van der Waals surface area contributed by atoms with Crippen LogP contribution in [-0.4, -0.2) is 23.3 Å². The molecule has 0 N–H and O–H groups in total. The summed E-state index contributed by atoms with van der Waals surface area (Å²) in [7, 11) is 0. The van der Waals surface area contributed by atoms with E-state index in [1.165, 1.54) is 27.2 Å². The average molecular weight is 343 g/mol. The van der Waals surface area contributed by atoms with Crippen molar-refractivity contribution < 1.29 is 9.59 Å². The molecule has 2 aliphatic rings. The number of amides is 2. The Hall–Kier alpha value is -2.94. The van der Waals surface area contributed by atoms with Crippen LogP contribution in [0.4, 0.5) is 0 Å². The number of fused-ring (bicyclic) bond motifs is 1. The molecule has 0 radical (unpaired) electrons. The molecule has 0 fully saturated rings. The molecule has 2 aromatic rings. The van der Waals surface area contributed by atoms with Crippen molar-refractivity contribution in [3.8, 4) is 0 Å². The zero-order valence-electron chi connectivity index (χ0n) is 15.1. The Morgan fingerprint density at radius 2 is 1.31 bits per heavy atom. The molecule has 0 saturated heterocycles. The summed E-state index contributed by atoms with van der Waals surface area (Å²) < 4.78 is 0. The first-order valence-corrected chi connectivity index (χ1v) is 8.93. The standard InChI is InChI=1S/C23H21NO2/c1-15-12-18(21(13-16(15)2)17-8-4-3-5-9-17)14-24-22(25)19-10-6-7-11-20(19)23(24)26/h3-11H,12-14H2,1-2H3. The third-order valence-corrected chi connectivity index (χ3v) is 5.43. The van der Waals surface area contributed by atoms with Crippen LogP contribution in [-0.2, 0) is 0 Å². The molecule has 2 aromatic carbocycles. The molecule has 0 atom stereocenters. The fourth-order valence-electron chi connectivity index (χ4n) is 3.79. The van der Waals surface area contributed by atoms with E-state index in [2.05, 4.69) is 26.0 Å². The molecule has 2 amide bonds. The van der Waals surface area contributed by atoms with E-state index in [9.17, 15) is 9.59 Å². The Kier molecular flexibility index (Phi) is 4.08. The largest absolute Gasteiger partial charge is 0.270 e. The fraction of sp³-hybridized carbons (Fsp3) is 0.217. The van der Waals surface area contributed by atoms with E-state index in [4.69, 9.17) is 0 Å². The Balaban J connectivity index is 1.71. The smallest absolute Gasteiger partial charge is 0.261 e. The summed E-state index contributed by atoms with van der Waals surface area (Å²) in [5.41, 5.74) is 7.30. The molecule has 0 spiro atoms. The predicted octanol–water partition coefficient (Wildman–Crippen LogP) is 4.87. The summed E-state index contributed by atoms with van der Waals surface area (Å²) in [6.07, 6.45) is 1.68. The minimum atomic E-state index is -0.186. The minimum absolute atomic E-state index is 0.186. The van der Waals surface area contributed by atoms with Crippen molar-refractivity contribution in [3.05, 3.63) is 88.0 Å². The fourth-order valence-corrected chi connectivity index (χ4v) is 3.79. The molecule has 0 saturated carbocycles. The molecule has 0 unspecified atom stereocenters. The van der Waals surface area contributed by atoms with E-state index >= 15 is 0 Å². The molecule has 1 heterocycles. The van der Waals surface area contributed by atoms with Gasteiger partial charge >= 0.3 is 0 Å². The molecule has 3 nitrogen and oxygen atoms in total.